The minimum atomic E-state index is 0.558. The van der Waals surface area contributed by atoms with Gasteiger partial charge in [0.05, 0.1) is 5.56 Å². The van der Waals surface area contributed by atoms with Gasteiger partial charge in [-0.1, -0.05) is 13.3 Å². The average Bonchev–Trinajstić information content (AvgIpc) is 2.53. The van der Waals surface area contributed by atoms with E-state index >= 15 is 0 Å². The first-order valence-corrected chi connectivity index (χ1v) is 8.16. The van der Waals surface area contributed by atoms with Gasteiger partial charge in [-0.15, -0.1) is 0 Å². The van der Waals surface area contributed by atoms with Gasteiger partial charge in [0, 0.05) is 19.8 Å². The van der Waals surface area contributed by atoms with Crippen molar-refractivity contribution in [2.45, 2.75) is 51.9 Å². The minimum Gasteiger partial charge on any atom is -0.383 e. The number of anilines is 1. The predicted octanol–water partition coefficient (Wildman–Crippen LogP) is 3.33. The van der Waals surface area contributed by atoms with Crippen molar-refractivity contribution in [2.24, 2.45) is 10.9 Å². The quantitative estimate of drug-likeness (QED) is 0.660. The summed E-state index contributed by atoms with van der Waals surface area (Å²) in [6.45, 7) is 5.19. The molecule has 0 aromatic carbocycles. The van der Waals surface area contributed by atoms with Gasteiger partial charge in [0.2, 0.25) is 0 Å². The highest BCUT2D eigenvalue weighted by Gasteiger charge is 2.22. The van der Waals surface area contributed by atoms with Crippen LogP contribution in [0.25, 0.3) is 0 Å². The van der Waals surface area contributed by atoms with E-state index in [2.05, 4.69) is 35.2 Å². The van der Waals surface area contributed by atoms with E-state index in [1.165, 1.54) is 37.7 Å². The molecule has 0 atom stereocenters. The normalized spacial score (nSPS) is 23.1. The van der Waals surface area contributed by atoms with E-state index in [1.54, 1.807) is 7.05 Å². The van der Waals surface area contributed by atoms with Crippen molar-refractivity contribution in [3.8, 4) is 0 Å². The molecule has 1 aliphatic carbocycles. The minimum absolute atomic E-state index is 0.558. The topological polar surface area (TPSA) is 63.3 Å². The molecule has 3 N–H and O–H groups in total. The summed E-state index contributed by atoms with van der Waals surface area (Å²) in [6, 6.07) is 2.18. The van der Waals surface area contributed by atoms with Gasteiger partial charge in [0.1, 0.15) is 11.7 Å². The molecule has 1 heterocycles. The van der Waals surface area contributed by atoms with Crippen molar-refractivity contribution in [1.29, 1.82) is 0 Å². The fraction of sp³-hybridized carbons (Fsp3) is 0.647. The average molecular weight is 288 g/mol. The maximum Gasteiger partial charge on any atom is 0.134 e. The molecule has 0 aliphatic heterocycles. The molecule has 1 fully saturated rings. The summed E-state index contributed by atoms with van der Waals surface area (Å²) in [5.74, 6) is 2.94. The Morgan fingerprint density at radius 3 is 2.62 bits per heavy atom. The standard InChI is InChI=1S/C17H28N4/c1-4-12-6-8-13(9-7-12)14-10-15(16(18)21-11-14)17(19-3)20-5-2/h10-13H,4-9H2,1-3H3,(H2,18,21)(H,19,20). The third kappa shape index (κ3) is 3.74. The van der Waals surface area contributed by atoms with Crippen molar-refractivity contribution < 1.29 is 0 Å². The zero-order valence-corrected chi connectivity index (χ0v) is 13.5. The summed E-state index contributed by atoms with van der Waals surface area (Å²) in [4.78, 5) is 8.71. The van der Waals surface area contributed by atoms with E-state index < -0.39 is 0 Å². The Labute approximate surface area is 128 Å². The maximum absolute atomic E-state index is 6.04. The lowest BCUT2D eigenvalue weighted by atomic mass is 9.78. The van der Waals surface area contributed by atoms with Crippen LogP contribution in [-0.2, 0) is 0 Å². The molecule has 2 rings (SSSR count). The molecule has 4 nitrogen and oxygen atoms in total. The van der Waals surface area contributed by atoms with Gasteiger partial charge in [-0.05, 0) is 56.1 Å². The number of aromatic nitrogens is 1. The summed E-state index contributed by atoms with van der Waals surface area (Å²) in [7, 11) is 1.79. The van der Waals surface area contributed by atoms with E-state index in [0.717, 1.165) is 23.9 Å². The molecule has 0 bridgehead atoms. The molecule has 0 spiro atoms. The van der Waals surface area contributed by atoms with Crippen molar-refractivity contribution in [3.63, 3.8) is 0 Å². The lowest BCUT2D eigenvalue weighted by molar-refractivity contribution is 0.318. The highest BCUT2D eigenvalue weighted by Crippen LogP contribution is 2.37. The number of hydrogen-bond donors (Lipinski definition) is 2. The summed E-state index contributed by atoms with van der Waals surface area (Å²) in [6.07, 6.45) is 8.47. The molecule has 1 saturated carbocycles. The van der Waals surface area contributed by atoms with Crippen LogP contribution in [0.3, 0.4) is 0 Å². The predicted molar refractivity (Wildman–Crippen MR) is 89.8 cm³/mol. The smallest absolute Gasteiger partial charge is 0.134 e. The number of nitrogen functional groups attached to an aromatic ring is 1. The van der Waals surface area contributed by atoms with E-state index in [4.69, 9.17) is 5.73 Å². The Morgan fingerprint density at radius 2 is 2.05 bits per heavy atom. The van der Waals surface area contributed by atoms with Crippen LogP contribution in [0.1, 0.15) is 63.0 Å². The highest BCUT2D eigenvalue weighted by atomic mass is 15.0. The van der Waals surface area contributed by atoms with Crippen molar-refractivity contribution in [2.75, 3.05) is 19.3 Å². The molecule has 1 aromatic heterocycles. The van der Waals surface area contributed by atoms with Gasteiger partial charge in [-0.25, -0.2) is 4.98 Å². The number of pyridine rings is 1. The number of nitrogens with one attached hydrogen (secondary N) is 1. The Morgan fingerprint density at radius 1 is 1.33 bits per heavy atom. The maximum atomic E-state index is 6.04. The van der Waals surface area contributed by atoms with E-state index in [1.807, 2.05) is 6.20 Å². The van der Waals surface area contributed by atoms with Gasteiger partial charge in [-0.2, -0.15) is 0 Å². The van der Waals surface area contributed by atoms with Crippen LogP contribution in [0, 0.1) is 5.92 Å². The first-order chi connectivity index (χ1) is 10.2. The number of hydrogen-bond acceptors (Lipinski definition) is 3. The molecule has 0 saturated heterocycles. The molecule has 116 valence electrons. The van der Waals surface area contributed by atoms with Gasteiger partial charge in [0.15, 0.2) is 0 Å². The van der Waals surface area contributed by atoms with Crippen LogP contribution in [0.5, 0.6) is 0 Å². The molecular weight excluding hydrogens is 260 g/mol. The van der Waals surface area contributed by atoms with Crippen LogP contribution in [0.15, 0.2) is 17.3 Å². The SMILES string of the molecule is CCNC(=NC)c1cc(C2CCC(CC)CC2)cnc1N. The molecule has 0 radical (unpaired) electrons. The highest BCUT2D eigenvalue weighted by molar-refractivity contribution is 6.02. The third-order valence-electron chi connectivity index (χ3n) is 4.66. The van der Waals surface area contributed by atoms with Crippen LogP contribution in [-0.4, -0.2) is 24.4 Å². The second-order valence-corrected chi connectivity index (χ2v) is 5.93. The van der Waals surface area contributed by atoms with Crippen molar-refractivity contribution in [1.82, 2.24) is 10.3 Å². The van der Waals surface area contributed by atoms with E-state index in [9.17, 15) is 0 Å². The Balaban J connectivity index is 2.19. The molecule has 21 heavy (non-hydrogen) atoms. The lowest BCUT2D eigenvalue weighted by Gasteiger charge is -2.28. The first-order valence-electron chi connectivity index (χ1n) is 8.16. The molecule has 1 aliphatic rings. The van der Waals surface area contributed by atoms with Crippen LogP contribution < -0.4 is 11.1 Å². The summed E-state index contributed by atoms with van der Waals surface area (Å²) in [5.41, 5.74) is 8.29. The second kappa shape index (κ2) is 7.43. The Hall–Kier alpha value is -1.58. The van der Waals surface area contributed by atoms with Gasteiger partial charge in [0.25, 0.3) is 0 Å². The van der Waals surface area contributed by atoms with Gasteiger partial charge >= 0.3 is 0 Å². The van der Waals surface area contributed by atoms with Crippen molar-refractivity contribution in [3.05, 3.63) is 23.4 Å². The van der Waals surface area contributed by atoms with Crippen LogP contribution in [0.2, 0.25) is 0 Å². The summed E-state index contributed by atoms with van der Waals surface area (Å²) >= 11 is 0. The Kier molecular flexibility index (Phi) is 5.59. The number of nitrogens with two attached hydrogens (primary N) is 1. The number of aliphatic imine (C=N–C) groups is 1. The molecular formula is C17H28N4. The molecule has 0 amide bonds. The van der Waals surface area contributed by atoms with E-state index in [-0.39, 0.29) is 0 Å². The van der Waals surface area contributed by atoms with E-state index in [0.29, 0.717) is 11.7 Å². The summed E-state index contributed by atoms with van der Waals surface area (Å²) in [5, 5.41) is 3.27. The monoisotopic (exact) mass is 288 g/mol. The second-order valence-electron chi connectivity index (χ2n) is 5.93. The molecule has 4 heteroatoms. The fourth-order valence-corrected chi connectivity index (χ4v) is 3.27. The first kappa shape index (κ1) is 15.8. The van der Waals surface area contributed by atoms with Crippen LogP contribution >= 0.6 is 0 Å². The van der Waals surface area contributed by atoms with Crippen molar-refractivity contribution >= 4 is 11.7 Å². The zero-order chi connectivity index (χ0) is 15.2. The number of amidine groups is 1. The fourth-order valence-electron chi connectivity index (χ4n) is 3.27. The summed E-state index contributed by atoms with van der Waals surface area (Å²) < 4.78 is 0. The number of rotatable bonds is 4. The third-order valence-corrected chi connectivity index (χ3v) is 4.66. The molecule has 1 aromatic rings. The number of nitrogens with zero attached hydrogens (tertiary/aromatic N) is 2. The molecule has 0 unspecified atom stereocenters. The van der Waals surface area contributed by atoms with Gasteiger partial charge in [-0.3, -0.25) is 4.99 Å². The largest absolute Gasteiger partial charge is 0.383 e. The van der Waals surface area contributed by atoms with Gasteiger partial charge < -0.3 is 11.1 Å². The Bertz CT molecular complexity index is 488. The zero-order valence-electron chi connectivity index (χ0n) is 13.5. The van der Waals surface area contributed by atoms with Crippen LogP contribution in [0.4, 0.5) is 5.82 Å². The lowest BCUT2D eigenvalue weighted by Crippen LogP contribution is -2.25.